The first-order valence-electron chi connectivity index (χ1n) is 6.83. The Morgan fingerprint density at radius 3 is 2.76 bits per heavy atom. The molecule has 2 aromatic heterocycles. The van der Waals surface area contributed by atoms with Crippen molar-refractivity contribution >= 4 is 5.95 Å². The van der Waals surface area contributed by atoms with Crippen molar-refractivity contribution in [2.24, 2.45) is 5.92 Å². The monoisotopic (exact) mass is 292 g/mol. The number of anilines is 1. The third kappa shape index (κ3) is 4.67. The van der Waals surface area contributed by atoms with Crippen LogP contribution in [0.2, 0.25) is 0 Å². The zero-order valence-electron chi connectivity index (χ0n) is 12.5. The first-order chi connectivity index (χ1) is 10.2. The van der Waals surface area contributed by atoms with Crippen LogP contribution in [0.1, 0.15) is 13.8 Å². The second kappa shape index (κ2) is 7.53. The highest BCUT2D eigenvalue weighted by atomic mass is 16.5. The van der Waals surface area contributed by atoms with Gasteiger partial charge in [-0.3, -0.25) is 0 Å². The van der Waals surface area contributed by atoms with E-state index < -0.39 is 0 Å². The number of ether oxygens (including phenoxy) is 2. The summed E-state index contributed by atoms with van der Waals surface area (Å²) in [6, 6.07) is 2.04. The Bertz CT molecular complexity index is 544. The number of hydrogen-bond acceptors (Lipinski definition) is 7. The molecule has 0 amide bonds. The molecule has 0 aliphatic rings. The van der Waals surface area contributed by atoms with Crippen LogP contribution < -0.4 is 10.1 Å². The van der Waals surface area contributed by atoms with Gasteiger partial charge in [-0.05, 0) is 12.0 Å². The van der Waals surface area contributed by atoms with E-state index >= 15 is 0 Å². The Balaban J connectivity index is 1.97. The normalized spacial score (nSPS) is 10.9. The molecule has 0 fully saturated rings. The summed E-state index contributed by atoms with van der Waals surface area (Å²) in [4.78, 5) is 12.6. The molecule has 1 N–H and O–H groups in total. The molecule has 0 aliphatic carbocycles. The van der Waals surface area contributed by atoms with Crippen molar-refractivity contribution in [1.29, 1.82) is 0 Å². The number of hydrogen-bond donors (Lipinski definition) is 1. The first kappa shape index (κ1) is 15.2. The summed E-state index contributed by atoms with van der Waals surface area (Å²) in [5.41, 5.74) is 0. The van der Waals surface area contributed by atoms with Gasteiger partial charge in [0.25, 0.3) is 5.95 Å². The van der Waals surface area contributed by atoms with Gasteiger partial charge in [0.05, 0.1) is 6.61 Å². The molecule has 0 saturated heterocycles. The Labute approximate surface area is 123 Å². The van der Waals surface area contributed by atoms with Crippen molar-refractivity contribution in [2.45, 2.75) is 13.8 Å². The molecule has 8 nitrogen and oxygen atoms in total. The molecule has 114 valence electrons. The highest BCUT2D eigenvalue weighted by molar-refractivity contribution is 5.28. The molecule has 2 rings (SSSR count). The predicted molar refractivity (Wildman–Crippen MR) is 77.6 cm³/mol. The molecule has 0 unspecified atom stereocenters. The van der Waals surface area contributed by atoms with E-state index in [2.05, 4.69) is 39.2 Å². The molecule has 0 aliphatic heterocycles. The van der Waals surface area contributed by atoms with Crippen molar-refractivity contribution < 1.29 is 9.47 Å². The molecule has 0 radical (unpaired) electrons. The largest absolute Gasteiger partial charge is 0.461 e. The molecule has 0 aromatic carbocycles. The van der Waals surface area contributed by atoms with E-state index in [1.807, 2.05) is 0 Å². The van der Waals surface area contributed by atoms with Crippen molar-refractivity contribution in [3.8, 4) is 12.0 Å². The zero-order valence-corrected chi connectivity index (χ0v) is 12.5. The van der Waals surface area contributed by atoms with Gasteiger partial charge in [-0.2, -0.15) is 20.1 Å². The van der Waals surface area contributed by atoms with Gasteiger partial charge in [0.15, 0.2) is 0 Å². The van der Waals surface area contributed by atoms with Crippen LogP contribution in [-0.2, 0) is 4.74 Å². The van der Waals surface area contributed by atoms with Crippen molar-refractivity contribution in [3.05, 3.63) is 18.5 Å². The fourth-order valence-electron chi connectivity index (χ4n) is 1.52. The summed E-state index contributed by atoms with van der Waals surface area (Å²) in [6.07, 6.45) is 3.41. The Morgan fingerprint density at radius 2 is 2.10 bits per heavy atom. The smallest absolute Gasteiger partial charge is 0.323 e. The van der Waals surface area contributed by atoms with Gasteiger partial charge in [-0.1, -0.05) is 13.8 Å². The Morgan fingerprint density at radius 1 is 1.24 bits per heavy atom. The van der Waals surface area contributed by atoms with E-state index in [-0.39, 0.29) is 6.01 Å². The average molecular weight is 292 g/mol. The number of aromatic nitrogens is 5. The lowest BCUT2D eigenvalue weighted by Crippen LogP contribution is -2.13. The fraction of sp³-hybridized carbons (Fsp3) is 0.538. The quantitative estimate of drug-likeness (QED) is 0.730. The van der Waals surface area contributed by atoms with Crippen LogP contribution in [0.5, 0.6) is 6.01 Å². The maximum absolute atomic E-state index is 5.50. The van der Waals surface area contributed by atoms with Gasteiger partial charge in [0.1, 0.15) is 6.61 Å². The van der Waals surface area contributed by atoms with Gasteiger partial charge in [0, 0.05) is 26.0 Å². The molecule has 0 spiro atoms. The van der Waals surface area contributed by atoms with Crippen LogP contribution in [0.4, 0.5) is 5.95 Å². The lowest BCUT2D eigenvalue weighted by Gasteiger charge is -2.09. The summed E-state index contributed by atoms with van der Waals surface area (Å²) in [5.74, 6) is 1.33. The summed E-state index contributed by atoms with van der Waals surface area (Å²) >= 11 is 0. The molecular formula is C13H20N6O2. The van der Waals surface area contributed by atoms with Crippen LogP contribution in [0.15, 0.2) is 18.5 Å². The van der Waals surface area contributed by atoms with Crippen LogP contribution in [0.3, 0.4) is 0 Å². The topological polar surface area (TPSA) is 87.0 Å². The molecule has 8 heteroatoms. The minimum Gasteiger partial charge on any atom is -0.461 e. The summed E-state index contributed by atoms with van der Waals surface area (Å²) in [7, 11) is 1.73. The van der Waals surface area contributed by atoms with Crippen molar-refractivity contribution in [1.82, 2.24) is 24.7 Å². The first-order valence-corrected chi connectivity index (χ1v) is 6.83. The third-order valence-electron chi connectivity index (χ3n) is 2.45. The highest BCUT2D eigenvalue weighted by Crippen LogP contribution is 2.10. The SMILES string of the molecule is CNc1nc(OCCOCC(C)C)nc(-n2cccn2)n1. The molecule has 2 heterocycles. The third-order valence-corrected chi connectivity index (χ3v) is 2.45. The van der Waals surface area contributed by atoms with Gasteiger partial charge in [-0.25, -0.2) is 4.68 Å². The van der Waals surface area contributed by atoms with Gasteiger partial charge >= 0.3 is 6.01 Å². The standard InChI is InChI=1S/C13H20N6O2/c1-10(2)9-20-7-8-21-13-17-11(14-3)16-12(18-13)19-6-4-5-15-19/h4-6,10H,7-9H2,1-3H3,(H,14,16,17,18). The van der Waals surface area contributed by atoms with Gasteiger partial charge in [0.2, 0.25) is 5.95 Å². The van der Waals surface area contributed by atoms with Gasteiger partial charge < -0.3 is 14.8 Å². The zero-order chi connectivity index (χ0) is 15.1. The lowest BCUT2D eigenvalue weighted by atomic mass is 10.2. The summed E-state index contributed by atoms with van der Waals surface area (Å²) < 4.78 is 12.5. The van der Waals surface area contributed by atoms with E-state index in [0.29, 0.717) is 37.6 Å². The number of rotatable bonds is 8. The Kier molecular flexibility index (Phi) is 5.44. The van der Waals surface area contributed by atoms with Crippen molar-refractivity contribution in [2.75, 3.05) is 32.2 Å². The van der Waals surface area contributed by atoms with Crippen LogP contribution >= 0.6 is 0 Å². The van der Waals surface area contributed by atoms with Gasteiger partial charge in [-0.15, -0.1) is 0 Å². The summed E-state index contributed by atoms with van der Waals surface area (Å²) in [5, 5.41) is 6.96. The lowest BCUT2D eigenvalue weighted by molar-refractivity contribution is 0.0791. The second-order valence-electron chi connectivity index (χ2n) is 4.76. The highest BCUT2D eigenvalue weighted by Gasteiger charge is 2.08. The number of nitrogens with zero attached hydrogens (tertiary/aromatic N) is 5. The van der Waals surface area contributed by atoms with E-state index in [9.17, 15) is 0 Å². The number of nitrogens with one attached hydrogen (secondary N) is 1. The van der Waals surface area contributed by atoms with Crippen LogP contribution in [0, 0.1) is 5.92 Å². The molecule has 0 atom stereocenters. The Hall–Kier alpha value is -2.22. The molecule has 21 heavy (non-hydrogen) atoms. The second-order valence-corrected chi connectivity index (χ2v) is 4.76. The fourth-order valence-corrected chi connectivity index (χ4v) is 1.52. The maximum atomic E-state index is 5.50. The van der Waals surface area contributed by atoms with E-state index in [1.165, 1.54) is 0 Å². The molecule has 2 aromatic rings. The van der Waals surface area contributed by atoms with Crippen molar-refractivity contribution in [3.63, 3.8) is 0 Å². The van der Waals surface area contributed by atoms with E-state index in [4.69, 9.17) is 9.47 Å². The van der Waals surface area contributed by atoms with Crippen LogP contribution in [-0.4, -0.2) is 51.6 Å². The molecule has 0 saturated carbocycles. The minimum absolute atomic E-state index is 0.244. The molecule has 0 bridgehead atoms. The van der Waals surface area contributed by atoms with Crippen LogP contribution in [0.25, 0.3) is 5.95 Å². The summed E-state index contributed by atoms with van der Waals surface area (Å²) in [6.45, 7) is 5.79. The van der Waals surface area contributed by atoms with E-state index in [0.717, 1.165) is 0 Å². The average Bonchev–Trinajstić information content (AvgIpc) is 3.00. The molecular weight excluding hydrogens is 272 g/mol. The van der Waals surface area contributed by atoms with E-state index in [1.54, 1.807) is 30.2 Å². The predicted octanol–water partition coefficient (Wildman–Crippen LogP) is 1.15. The minimum atomic E-state index is 0.244. The maximum Gasteiger partial charge on any atom is 0.323 e.